The molecule has 0 radical (unpaired) electrons. The summed E-state index contributed by atoms with van der Waals surface area (Å²) in [5, 5.41) is 20.8. The van der Waals surface area contributed by atoms with Crippen LogP contribution in [-0.4, -0.2) is 16.1 Å². The van der Waals surface area contributed by atoms with Gasteiger partial charge >= 0.3 is 0 Å². The zero-order chi connectivity index (χ0) is 14.0. The molecule has 2 aromatic carbocycles. The Bertz CT molecular complexity index is 646. The summed E-state index contributed by atoms with van der Waals surface area (Å²) >= 11 is 5.82. The average molecular weight is 282 g/mol. The normalized spacial score (nSPS) is 10.2. The van der Waals surface area contributed by atoms with Crippen LogP contribution in [0, 0.1) is 5.82 Å². The van der Waals surface area contributed by atoms with Crippen LogP contribution in [0.5, 0.6) is 11.5 Å². The van der Waals surface area contributed by atoms with E-state index in [0.717, 1.165) is 12.1 Å². The Kier molecular flexibility index (Phi) is 3.57. The minimum absolute atomic E-state index is 0.0428. The van der Waals surface area contributed by atoms with E-state index in [-0.39, 0.29) is 27.8 Å². The summed E-state index contributed by atoms with van der Waals surface area (Å²) < 4.78 is 13.5. The Morgan fingerprint density at radius 1 is 1.11 bits per heavy atom. The van der Waals surface area contributed by atoms with Crippen LogP contribution in [0.2, 0.25) is 5.02 Å². The molecular formula is C13H9ClFNO3. The van der Waals surface area contributed by atoms with E-state index in [1.165, 1.54) is 24.3 Å². The molecule has 0 unspecified atom stereocenters. The number of halogens is 2. The highest BCUT2D eigenvalue weighted by Gasteiger charge is 2.13. The Morgan fingerprint density at radius 3 is 2.37 bits per heavy atom. The van der Waals surface area contributed by atoms with Crippen molar-refractivity contribution < 1.29 is 19.4 Å². The van der Waals surface area contributed by atoms with Gasteiger partial charge in [-0.2, -0.15) is 0 Å². The molecule has 0 aliphatic rings. The number of carbonyl (C=O) groups excluding carboxylic acids is 1. The second-order valence-corrected chi connectivity index (χ2v) is 4.19. The molecule has 0 aliphatic carbocycles. The number of rotatable bonds is 2. The second kappa shape index (κ2) is 5.16. The molecule has 0 fully saturated rings. The molecule has 0 aliphatic heterocycles. The van der Waals surface area contributed by atoms with Crippen molar-refractivity contribution in [1.82, 2.24) is 0 Å². The molecule has 0 saturated heterocycles. The van der Waals surface area contributed by atoms with Crippen LogP contribution in [0.15, 0.2) is 36.4 Å². The highest BCUT2D eigenvalue weighted by atomic mass is 35.5. The van der Waals surface area contributed by atoms with Gasteiger partial charge in [-0.05, 0) is 24.3 Å². The topological polar surface area (TPSA) is 69.6 Å². The zero-order valence-corrected chi connectivity index (χ0v) is 10.3. The Hall–Kier alpha value is -2.27. The first kappa shape index (κ1) is 13.2. The molecule has 2 aromatic rings. The van der Waals surface area contributed by atoms with Gasteiger partial charge in [0.2, 0.25) is 0 Å². The third kappa shape index (κ3) is 2.95. The smallest absolute Gasteiger partial charge is 0.258 e. The summed E-state index contributed by atoms with van der Waals surface area (Å²) in [4.78, 5) is 11.8. The lowest BCUT2D eigenvalue weighted by atomic mass is 10.2. The van der Waals surface area contributed by atoms with Gasteiger partial charge < -0.3 is 15.5 Å². The molecule has 1 amide bonds. The molecule has 0 saturated carbocycles. The highest BCUT2D eigenvalue weighted by Crippen LogP contribution is 2.26. The van der Waals surface area contributed by atoms with Crippen molar-refractivity contribution in [2.75, 3.05) is 5.32 Å². The van der Waals surface area contributed by atoms with Crippen molar-refractivity contribution in [3.63, 3.8) is 0 Å². The van der Waals surface area contributed by atoms with Gasteiger partial charge in [-0.15, -0.1) is 0 Å². The largest absolute Gasteiger partial charge is 0.508 e. The molecule has 2 rings (SSSR count). The van der Waals surface area contributed by atoms with Crippen LogP contribution < -0.4 is 5.32 Å². The van der Waals surface area contributed by atoms with Crippen molar-refractivity contribution in [2.45, 2.75) is 0 Å². The lowest BCUT2D eigenvalue weighted by Crippen LogP contribution is -2.13. The molecule has 0 aromatic heterocycles. The SMILES string of the molecule is O=C(Nc1ccc(O)cc1Cl)c1ccc(O)cc1F. The molecule has 0 atom stereocenters. The molecule has 19 heavy (non-hydrogen) atoms. The maximum atomic E-state index is 13.5. The molecular weight excluding hydrogens is 273 g/mol. The molecule has 6 heteroatoms. The number of nitrogens with one attached hydrogen (secondary N) is 1. The van der Waals surface area contributed by atoms with Crippen molar-refractivity contribution in [3.05, 3.63) is 52.8 Å². The molecule has 3 N–H and O–H groups in total. The van der Waals surface area contributed by atoms with E-state index in [2.05, 4.69) is 5.32 Å². The van der Waals surface area contributed by atoms with Crippen molar-refractivity contribution in [2.24, 2.45) is 0 Å². The summed E-state index contributed by atoms with van der Waals surface area (Å²) in [6, 6.07) is 7.20. The number of hydrogen-bond acceptors (Lipinski definition) is 3. The fourth-order valence-corrected chi connectivity index (χ4v) is 1.71. The van der Waals surface area contributed by atoms with Gasteiger partial charge in [0.1, 0.15) is 17.3 Å². The minimum Gasteiger partial charge on any atom is -0.508 e. The first-order valence-electron chi connectivity index (χ1n) is 5.26. The van der Waals surface area contributed by atoms with Crippen molar-refractivity contribution >= 4 is 23.2 Å². The number of anilines is 1. The number of hydrogen-bond donors (Lipinski definition) is 3. The maximum absolute atomic E-state index is 13.5. The van der Waals surface area contributed by atoms with Gasteiger partial charge in [0, 0.05) is 12.1 Å². The van der Waals surface area contributed by atoms with Crippen LogP contribution >= 0.6 is 11.6 Å². The van der Waals surface area contributed by atoms with Crippen LogP contribution in [0.25, 0.3) is 0 Å². The van der Waals surface area contributed by atoms with Gasteiger partial charge in [-0.1, -0.05) is 11.6 Å². The number of aromatic hydroxyl groups is 2. The number of phenols is 2. The van der Waals surface area contributed by atoms with E-state index in [4.69, 9.17) is 16.7 Å². The van der Waals surface area contributed by atoms with Gasteiger partial charge in [-0.3, -0.25) is 4.79 Å². The molecule has 0 bridgehead atoms. The van der Waals surface area contributed by atoms with E-state index < -0.39 is 11.7 Å². The fourth-order valence-electron chi connectivity index (χ4n) is 1.48. The monoisotopic (exact) mass is 281 g/mol. The summed E-state index contributed by atoms with van der Waals surface area (Å²) in [6.07, 6.45) is 0. The first-order chi connectivity index (χ1) is 8.97. The number of phenolic OH excluding ortho intramolecular Hbond substituents is 2. The summed E-state index contributed by atoms with van der Waals surface area (Å²) in [7, 11) is 0. The predicted molar refractivity (Wildman–Crippen MR) is 69.1 cm³/mol. The lowest BCUT2D eigenvalue weighted by molar-refractivity contribution is 0.102. The summed E-state index contributed by atoms with van der Waals surface area (Å²) in [6.45, 7) is 0. The van der Waals surface area contributed by atoms with Gasteiger partial charge in [-0.25, -0.2) is 4.39 Å². The third-order valence-electron chi connectivity index (χ3n) is 2.40. The van der Waals surface area contributed by atoms with Gasteiger partial charge in [0.15, 0.2) is 0 Å². The van der Waals surface area contributed by atoms with E-state index in [9.17, 15) is 14.3 Å². The predicted octanol–water partition coefficient (Wildman–Crippen LogP) is 3.14. The van der Waals surface area contributed by atoms with Gasteiger partial charge in [0.25, 0.3) is 5.91 Å². The molecule has 98 valence electrons. The zero-order valence-electron chi connectivity index (χ0n) is 9.52. The molecule has 0 spiro atoms. The quantitative estimate of drug-likeness (QED) is 0.741. The van der Waals surface area contributed by atoms with Crippen LogP contribution in [0.3, 0.4) is 0 Å². The van der Waals surface area contributed by atoms with E-state index in [0.29, 0.717) is 0 Å². The standard InChI is InChI=1S/C13H9ClFNO3/c14-10-5-7(17)2-4-12(10)16-13(19)9-3-1-8(18)6-11(9)15/h1-6,17-18H,(H,16,19). The number of amides is 1. The lowest BCUT2D eigenvalue weighted by Gasteiger charge is -2.08. The summed E-state index contributed by atoms with van der Waals surface area (Å²) in [5.74, 6) is -1.85. The van der Waals surface area contributed by atoms with Crippen LogP contribution in [0.1, 0.15) is 10.4 Å². The Morgan fingerprint density at radius 2 is 1.74 bits per heavy atom. The number of carbonyl (C=O) groups is 1. The highest BCUT2D eigenvalue weighted by molar-refractivity contribution is 6.34. The minimum atomic E-state index is -0.840. The third-order valence-corrected chi connectivity index (χ3v) is 2.71. The molecule has 4 nitrogen and oxygen atoms in total. The number of benzene rings is 2. The van der Waals surface area contributed by atoms with Crippen LogP contribution in [-0.2, 0) is 0 Å². The van der Waals surface area contributed by atoms with Crippen molar-refractivity contribution in [1.29, 1.82) is 0 Å². The van der Waals surface area contributed by atoms with Crippen LogP contribution in [0.4, 0.5) is 10.1 Å². The second-order valence-electron chi connectivity index (χ2n) is 3.78. The first-order valence-corrected chi connectivity index (χ1v) is 5.63. The Balaban J connectivity index is 2.25. The molecule has 0 heterocycles. The van der Waals surface area contributed by atoms with E-state index >= 15 is 0 Å². The maximum Gasteiger partial charge on any atom is 0.258 e. The Labute approximate surface area is 113 Å². The fraction of sp³-hybridized carbons (Fsp3) is 0. The van der Waals surface area contributed by atoms with E-state index in [1.807, 2.05) is 0 Å². The average Bonchev–Trinajstić information content (AvgIpc) is 2.32. The van der Waals surface area contributed by atoms with E-state index in [1.54, 1.807) is 0 Å². The van der Waals surface area contributed by atoms with Crippen molar-refractivity contribution in [3.8, 4) is 11.5 Å². The van der Waals surface area contributed by atoms with Gasteiger partial charge in [0.05, 0.1) is 16.3 Å². The summed E-state index contributed by atoms with van der Waals surface area (Å²) in [5.41, 5.74) is 0.0267.